The van der Waals surface area contributed by atoms with Crippen LogP contribution in [0.15, 0.2) is 24.3 Å². The van der Waals surface area contributed by atoms with Gasteiger partial charge >= 0.3 is 0 Å². The fourth-order valence-electron chi connectivity index (χ4n) is 3.05. The second kappa shape index (κ2) is 7.68. The quantitative estimate of drug-likeness (QED) is 0.677. The highest BCUT2D eigenvalue weighted by atomic mass is 35.5. The summed E-state index contributed by atoms with van der Waals surface area (Å²) in [4.78, 5) is 3.26. The van der Waals surface area contributed by atoms with E-state index in [0.717, 1.165) is 35.4 Å². The number of benzene rings is 1. The van der Waals surface area contributed by atoms with Crippen molar-refractivity contribution in [3.8, 4) is 5.75 Å². The zero-order chi connectivity index (χ0) is 17.1. The number of hydrogen-bond donors (Lipinski definition) is 0. The van der Waals surface area contributed by atoms with Gasteiger partial charge in [0.1, 0.15) is 12.4 Å². The molecular weight excluding hydrogens is 358 g/mol. The maximum Gasteiger partial charge on any atom is 0.234 e. The summed E-state index contributed by atoms with van der Waals surface area (Å²) in [7, 11) is 0. The molecule has 0 saturated carbocycles. The summed E-state index contributed by atoms with van der Waals surface area (Å²) in [6, 6.07) is 7.45. The molecule has 0 bridgehead atoms. The zero-order valence-corrected chi connectivity index (χ0v) is 15.5. The monoisotopic (exact) mass is 377 g/mol. The molecular formula is C17H20ClN5OS. The summed E-state index contributed by atoms with van der Waals surface area (Å²) in [6.07, 6.45) is 5.17. The Hall–Kier alpha value is -1.70. The molecule has 3 aromatic rings. The van der Waals surface area contributed by atoms with Crippen LogP contribution < -0.4 is 4.74 Å². The highest BCUT2D eigenvalue weighted by molar-refractivity contribution is 7.16. The van der Waals surface area contributed by atoms with Crippen LogP contribution in [0.1, 0.15) is 36.5 Å². The largest absolute Gasteiger partial charge is 0.485 e. The lowest BCUT2D eigenvalue weighted by Gasteiger charge is -2.17. The van der Waals surface area contributed by atoms with Gasteiger partial charge in [-0.3, -0.25) is 4.90 Å². The number of nitrogens with zero attached hydrogens (tertiary/aromatic N) is 5. The van der Waals surface area contributed by atoms with E-state index in [2.05, 4.69) is 20.2 Å². The van der Waals surface area contributed by atoms with E-state index in [0.29, 0.717) is 17.4 Å². The van der Waals surface area contributed by atoms with Gasteiger partial charge in [0.05, 0.1) is 11.6 Å². The second-order valence-electron chi connectivity index (χ2n) is 6.22. The number of likely N-dealkylation sites (tertiary alicyclic amines) is 1. The maximum atomic E-state index is 6.12. The molecule has 1 aliphatic rings. The maximum absolute atomic E-state index is 6.12. The lowest BCUT2D eigenvalue weighted by atomic mass is 10.2. The molecule has 25 heavy (non-hydrogen) atoms. The number of fused-ring (bicyclic) bond motifs is 1. The smallest absolute Gasteiger partial charge is 0.234 e. The van der Waals surface area contributed by atoms with E-state index in [-0.39, 0.29) is 0 Å². The lowest BCUT2D eigenvalue weighted by Crippen LogP contribution is -2.25. The van der Waals surface area contributed by atoms with Crippen LogP contribution in [0.5, 0.6) is 5.75 Å². The lowest BCUT2D eigenvalue weighted by molar-refractivity contribution is 0.267. The van der Waals surface area contributed by atoms with Gasteiger partial charge in [-0.25, -0.2) is 0 Å². The molecule has 1 fully saturated rings. The van der Waals surface area contributed by atoms with Crippen molar-refractivity contribution in [1.82, 2.24) is 24.7 Å². The van der Waals surface area contributed by atoms with Gasteiger partial charge in [-0.05, 0) is 38.1 Å². The van der Waals surface area contributed by atoms with E-state index in [1.807, 2.05) is 28.8 Å². The van der Waals surface area contributed by atoms with Crippen LogP contribution in [-0.2, 0) is 13.2 Å². The fourth-order valence-corrected chi connectivity index (χ4v) is 4.01. The van der Waals surface area contributed by atoms with Crippen LogP contribution in [0.25, 0.3) is 4.96 Å². The second-order valence-corrected chi connectivity index (χ2v) is 7.66. The number of rotatable bonds is 5. The number of ether oxygens (including phenoxy) is 1. The molecule has 4 rings (SSSR count). The molecule has 1 aliphatic heterocycles. The molecule has 1 aromatic carbocycles. The molecule has 1 saturated heterocycles. The minimum atomic E-state index is 0.376. The average molecular weight is 378 g/mol. The van der Waals surface area contributed by atoms with E-state index < -0.39 is 0 Å². The van der Waals surface area contributed by atoms with Crippen molar-refractivity contribution in [2.45, 2.75) is 38.8 Å². The number of aromatic nitrogens is 4. The van der Waals surface area contributed by atoms with E-state index >= 15 is 0 Å². The molecule has 0 aliphatic carbocycles. The van der Waals surface area contributed by atoms with Crippen LogP contribution in [0.2, 0.25) is 5.02 Å². The summed E-state index contributed by atoms with van der Waals surface area (Å²) in [6.45, 7) is 3.43. The summed E-state index contributed by atoms with van der Waals surface area (Å²) < 4.78 is 7.62. The number of para-hydroxylation sites is 1. The van der Waals surface area contributed by atoms with Gasteiger partial charge in [-0.2, -0.15) is 9.61 Å². The highest BCUT2D eigenvalue weighted by Gasteiger charge is 2.16. The van der Waals surface area contributed by atoms with Crippen molar-refractivity contribution in [3.63, 3.8) is 0 Å². The van der Waals surface area contributed by atoms with Gasteiger partial charge in [0.15, 0.2) is 10.8 Å². The Morgan fingerprint density at radius 2 is 1.88 bits per heavy atom. The molecule has 0 spiro atoms. The van der Waals surface area contributed by atoms with Crippen LogP contribution in [0.4, 0.5) is 0 Å². The van der Waals surface area contributed by atoms with Crippen molar-refractivity contribution in [2.24, 2.45) is 0 Å². The summed E-state index contributed by atoms with van der Waals surface area (Å²) in [5.74, 6) is 1.57. The predicted molar refractivity (Wildman–Crippen MR) is 98.2 cm³/mol. The third-order valence-corrected chi connectivity index (χ3v) is 5.53. The normalized spacial score (nSPS) is 16.2. The van der Waals surface area contributed by atoms with Crippen LogP contribution >= 0.6 is 22.9 Å². The molecule has 0 atom stereocenters. The van der Waals surface area contributed by atoms with E-state index in [1.54, 1.807) is 0 Å². The third kappa shape index (κ3) is 3.94. The summed E-state index contributed by atoms with van der Waals surface area (Å²) in [5.41, 5.74) is 0. The highest BCUT2D eigenvalue weighted by Crippen LogP contribution is 2.25. The first kappa shape index (κ1) is 16.8. The standard InChI is InChI=1S/C17H20ClN5OS/c18-13-7-3-4-8-14(13)24-12-16-21-23-15(19-20-17(23)25-16)11-22-9-5-1-2-6-10-22/h3-4,7-8H,1-2,5-6,9-12H2. The number of halogens is 1. The minimum absolute atomic E-state index is 0.376. The molecule has 0 amide bonds. The van der Waals surface area contributed by atoms with Gasteiger partial charge in [-0.15, -0.1) is 10.2 Å². The Labute approximate surface area is 155 Å². The molecule has 8 heteroatoms. The SMILES string of the molecule is Clc1ccccc1OCc1nn2c(CN3CCCCCC3)nnc2s1. The van der Waals surface area contributed by atoms with Crippen molar-refractivity contribution < 1.29 is 4.74 Å². The third-order valence-electron chi connectivity index (χ3n) is 4.35. The van der Waals surface area contributed by atoms with E-state index in [4.69, 9.17) is 16.3 Å². The Kier molecular flexibility index (Phi) is 5.14. The Morgan fingerprint density at radius 3 is 2.68 bits per heavy atom. The fraction of sp³-hybridized carbons (Fsp3) is 0.471. The summed E-state index contributed by atoms with van der Waals surface area (Å²) >= 11 is 7.62. The molecule has 6 nitrogen and oxygen atoms in total. The first-order chi connectivity index (χ1) is 12.3. The molecule has 0 radical (unpaired) electrons. The molecule has 132 valence electrons. The molecule has 2 aromatic heterocycles. The van der Waals surface area contributed by atoms with Gasteiger partial charge in [0.25, 0.3) is 0 Å². The van der Waals surface area contributed by atoms with Crippen molar-refractivity contribution >= 4 is 27.9 Å². The van der Waals surface area contributed by atoms with Crippen LogP contribution in [0.3, 0.4) is 0 Å². The predicted octanol–water partition coefficient (Wildman–Crippen LogP) is 3.79. The average Bonchev–Trinajstić information content (AvgIpc) is 3.07. The summed E-state index contributed by atoms with van der Waals surface area (Å²) in [5, 5.41) is 14.7. The van der Waals surface area contributed by atoms with E-state index in [1.165, 1.54) is 37.0 Å². The van der Waals surface area contributed by atoms with Gasteiger partial charge in [0.2, 0.25) is 4.96 Å². The molecule has 0 unspecified atom stereocenters. The van der Waals surface area contributed by atoms with Crippen LogP contribution in [-0.4, -0.2) is 37.8 Å². The van der Waals surface area contributed by atoms with E-state index in [9.17, 15) is 0 Å². The van der Waals surface area contributed by atoms with Crippen molar-refractivity contribution in [1.29, 1.82) is 0 Å². The van der Waals surface area contributed by atoms with Gasteiger partial charge in [0, 0.05) is 0 Å². The van der Waals surface area contributed by atoms with Crippen molar-refractivity contribution in [2.75, 3.05) is 13.1 Å². The van der Waals surface area contributed by atoms with Gasteiger partial charge in [-0.1, -0.05) is 47.9 Å². The zero-order valence-electron chi connectivity index (χ0n) is 13.9. The first-order valence-corrected chi connectivity index (χ1v) is 9.79. The number of hydrogen-bond acceptors (Lipinski definition) is 6. The molecule has 3 heterocycles. The Morgan fingerprint density at radius 1 is 1.08 bits per heavy atom. The Bertz CT molecular complexity index is 841. The van der Waals surface area contributed by atoms with Crippen LogP contribution in [0, 0.1) is 0 Å². The molecule has 0 N–H and O–H groups in total. The van der Waals surface area contributed by atoms with Gasteiger partial charge < -0.3 is 4.74 Å². The minimum Gasteiger partial charge on any atom is -0.485 e. The first-order valence-electron chi connectivity index (χ1n) is 8.59. The topological polar surface area (TPSA) is 55.6 Å². The van der Waals surface area contributed by atoms with Crippen molar-refractivity contribution in [3.05, 3.63) is 40.1 Å². The Balaban J connectivity index is 1.45.